The van der Waals surface area contributed by atoms with Gasteiger partial charge in [0.15, 0.2) is 11.5 Å². The van der Waals surface area contributed by atoms with Crippen molar-refractivity contribution in [3.63, 3.8) is 0 Å². The van der Waals surface area contributed by atoms with Crippen LogP contribution in [-0.4, -0.2) is 31.5 Å². The zero-order chi connectivity index (χ0) is 20.1. The maximum Gasteiger partial charge on any atom is 0.262 e. The fourth-order valence-corrected chi connectivity index (χ4v) is 3.11. The van der Waals surface area contributed by atoms with Crippen LogP contribution in [0.4, 0.5) is 8.78 Å². The molecule has 1 amide bonds. The van der Waals surface area contributed by atoms with Crippen LogP contribution in [0.15, 0.2) is 48.5 Å². The minimum Gasteiger partial charge on any atom is -0.493 e. The summed E-state index contributed by atoms with van der Waals surface area (Å²) in [5.41, 5.74) is 1.83. The monoisotopic (exact) mass is 390 g/mol. The second-order valence-corrected chi connectivity index (χ2v) is 6.91. The Morgan fingerprint density at radius 2 is 2.00 bits per heavy atom. The van der Waals surface area contributed by atoms with E-state index in [1.807, 2.05) is 36.4 Å². The second-order valence-electron chi connectivity index (χ2n) is 6.91. The van der Waals surface area contributed by atoms with Crippen LogP contribution in [0.25, 0.3) is 0 Å². The normalized spacial score (nSPS) is 19.1. The van der Waals surface area contributed by atoms with Crippen LogP contribution in [0.2, 0.25) is 0 Å². The highest BCUT2D eigenvalue weighted by atomic mass is 19.3. The third kappa shape index (κ3) is 4.98. The Hall–Kier alpha value is -2.67. The molecule has 1 aliphatic rings. The lowest BCUT2D eigenvalue weighted by atomic mass is 10.1. The Kier molecular flexibility index (Phi) is 6.14. The van der Waals surface area contributed by atoms with Gasteiger partial charge in [-0.05, 0) is 30.2 Å². The largest absolute Gasteiger partial charge is 0.493 e. The van der Waals surface area contributed by atoms with E-state index in [0.29, 0.717) is 18.1 Å². The van der Waals surface area contributed by atoms with Crippen molar-refractivity contribution in [2.24, 2.45) is 0 Å². The molecule has 1 fully saturated rings. The van der Waals surface area contributed by atoms with Gasteiger partial charge in [0.05, 0.1) is 25.7 Å². The van der Waals surface area contributed by atoms with Crippen LogP contribution >= 0.6 is 0 Å². The SMILES string of the molecule is COc1cc(C(C)NC(=O)C2CC(F)(F)CN2)ccc1OCc1ccccc1. The molecule has 2 aromatic rings. The van der Waals surface area contributed by atoms with E-state index in [-0.39, 0.29) is 6.04 Å². The summed E-state index contributed by atoms with van der Waals surface area (Å²) < 4.78 is 37.8. The van der Waals surface area contributed by atoms with E-state index < -0.39 is 30.8 Å². The summed E-state index contributed by atoms with van der Waals surface area (Å²) in [6.07, 6.45) is -0.485. The number of ether oxygens (including phenoxy) is 2. The Morgan fingerprint density at radius 1 is 1.25 bits per heavy atom. The number of hydrogen-bond donors (Lipinski definition) is 2. The van der Waals surface area contributed by atoms with E-state index in [2.05, 4.69) is 10.6 Å². The predicted octanol–water partition coefficient (Wildman–Crippen LogP) is 3.45. The fraction of sp³-hybridized carbons (Fsp3) is 0.381. The van der Waals surface area contributed by atoms with Crippen LogP contribution in [-0.2, 0) is 11.4 Å². The summed E-state index contributed by atoms with van der Waals surface area (Å²) in [5, 5.41) is 5.33. The number of alkyl halides is 2. The summed E-state index contributed by atoms with van der Waals surface area (Å²) in [7, 11) is 1.54. The van der Waals surface area contributed by atoms with Gasteiger partial charge in [0.1, 0.15) is 6.61 Å². The van der Waals surface area contributed by atoms with Crippen LogP contribution in [0.3, 0.4) is 0 Å². The van der Waals surface area contributed by atoms with Gasteiger partial charge in [-0.2, -0.15) is 0 Å². The molecule has 1 aliphatic heterocycles. The number of carbonyl (C=O) groups is 1. The molecular weight excluding hydrogens is 366 g/mol. The van der Waals surface area contributed by atoms with Crippen molar-refractivity contribution in [2.45, 2.75) is 38.0 Å². The molecule has 0 aliphatic carbocycles. The number of methoxy groups -OCH3 is 1. The molecule has 0 radical (unpaired) electrons. The van der Waals surface area contributed by atoms with Gasteiger partial charge in [-0.25, -0.2) is 8.78 Å². The van der Waals surface area contributed by atoms with E-state index in [0.717, 1.165) is 11.1 Å². The number of benzene rings is 2. The van der Waals surface area contributed by atoms with Gasteiger partial charge in [-0.1, -0.05) is 36.4 Å². The Bertz CT molecular complexity index is 815. The molecule has 0 spiro atoms. The lowest BCUT2D eigenvalue weighted by Crippen LogP contribution is -2.41. The van der Waals surface area contributed by atoms with Crippen LogP contribution < -0.4 is 20.1 Å². The fourth-order valence-electron chi connectivity index (χ4n) is 3.11. The molecule has 2 aromatic carbocycles. The molecule has 28 heavy (non-hydrogen) atoms. The maximum absolute atomic E-state index is 13.3. The molecule has 2 N–H and O–H groups in total. The lowest BCUT2D eigenvalue weighted by Gasteiger charge is -2.19. The van der Waals surface area contributed by atoms with Crippen molar-refractivity contribution in [3.8, 4) is 11.5 Å². The number of halogens is 2. The molecule has 2 unspecified atom stereocenters. The number of carbonyl (C=O) groups excluding carboxylic acids is 1. The number of hydrogen-bond acceptors (Lipinski definition) is 4. The molecule has 5 nitrogen and oxygen atoms in total. The minimum atomic E-state index is -2.84. The molecule has 150 valence electrons. The molecule has 2 atom stereocenters. The van der Waals surface area contributed by atoms with Gasteiger partial charge in [-0.15, -0.1) is 0 Å². The molecule has 0 saturated carbocycles. The van der Waals surface area contributed by atoms with Gasteiger partial charge in [0, 0.05) is 6.42 Å². The second kappa shape index (κ2) is 8.56. The average molecular weight is 390 g/mol. The first kappa shape index (κ1) is 20.1. The van der Waals surface area contributed by atoms with Gasteiger partial charge in [0.25, 0.3) is 5.92 Å². The van der Waals surface area contributed by atoms with Crippen LogP contribution in [0.1, 0.15) is 30.5 Å². The number of amides is 1. The zero-order valence-electron chi connectivity index (χ0n) is 15.9. The third-order valence-corrected chi connectivity index (χ3v) is 4.71. The molecule has 1 heterocycles. The summed E-state index contributed by atoms with van der Waals surface area (Å²) >= 11 is 0. The first-order valence-electron chi connectivity index (χ1n) is 9.14. The lowest BCUT2D eigenvalue weighted by molar-refractivity contribution is -0.124. The average Bonchev–Trinajstić information content (AvgIpc) is 3.07. The smallest absolute Gasteiger partial charge is 0.262 e. The third-order valence-electron chi connectivity index (χ3n) is 4.71. The van der Waals surface area contributed by atoms with Gasteiger partial charge in [0.2, 0.25) is 5.91 Å². The first-order chi connectivity index (χ1) is 13.4. The van der Waals surface area contributed by atoms with Gasteiger partial charge in [-0.3, -0.25) is 10.1 Å². The quantitative estimate of drug-likeness (QED) is 0.760. The zero-order valence-corrected chi connectivity index (χ0v) is 15.9. The molecule has 1 saturated heterocycles. The molecule has 3 rings (SSSR count). The summed E-state index contributed by atoms with van der Waals surface area (Å²) in [5.74, 6) is -2.15. The van der Waals surface area contributed by atoms with Crippen molar-refractivity contribution in [3.05, 3.63) is 59.7 Å². The topological polar surface area (TPSA) is 59.6 Å². The minimum absolute atomic E-state index is 0.361. The van der Waals surface area contributed by atoms with E-state index >= 15 is 0 Å². The molecule has 0 bridgehead atoms. The van der Waals surface area contributed by atoms with Crippen molar-refractivity contribution in [2.75, 3.05) is 13.7 Å². The van der Waals surface area contributed by atoms with Crippen LogP contribution in [0.5, 0.6) is 11.5 Å². The predicted molar refractivity (Wildman–Crippen MR) is 102 cm³/mol. The maximum atomic E-state index is 13.3. The van der Waals surface area contributed by atoms with E-state index in [9.17, 15) is 13.6 Å². The highest BCUT2D eigenvalue weighted by molar-refractivity contribution is 5.82. The summed E-state index contributed by atoms with van der Waals surface area (Å²) in [4.78, 5) is 12.2. The summed E-state index contributed by atoms with van der Waals surface area (Å²) in [6, 6.07) is 13.9. The highest BCUT2D eigenvalue weighted by Gasteiger charge is 2.42. The van der Waals surface area contributed by atoms with Crippen molar-refractivity contribution in [1.82, 2.24) is 10.6 Å². The highest BCUT2D eigenvalue weighted by Crippen LogP contribution is 2.31. The summed E-state index contributed by atoms with van der Waals surface area (Å²) in [6.45, 7) is 1.73. The van der Waals surface area contributed by atoms with E-state index in [1.165, 1.54) is 0 Å². The number of nitrogens with one attached hydrogen (secondary N) is 2. The van der Waals surface area contributed by atoms with Crippen LogP contribution in [0, 0.1) is 0 Å². The number of rotatable bonds is 7. The van der Waals surface area contributed by atoms with Crippen molar-refractivity contribution >= 4 is 5.91 Å². The Labute approximate surface area is 163 Å². The molecule has 0 aromatic heterocycles. The van der Waals surface area contributed by atoms with Crippen molar-refractivity contribution < 1.29 is 23.0 Å². The standard InChI is InChI=1S/C21H24F2N2O3/c1-14(25-20(26)17-11-21(22,23)13-24-17)16-8-9-18(19(10-16)27-2)28-12-15-6-4-3-5-7-15/h3-10,14,17,24H,11-13H2,1-2H3,(H,25,26). The molecule has 7 heteroatoms. The van der Waals surface area contributed by atoms with Gasteiger partial charge >= 0.3 is 0 Å². The van der Waals surface area contributed by atoms with E-state index in [1.54, 1.807) is 26.2 Å². The first-order valence-corrected chi connectivity index (χ1v) is 9.14. The van der Waals surface area contributed by atoms with E-state index in [4.69, 9.17) is 9.47 Å². The van der Waals surface area contributed by atoms with Gasteiger partial charge < -0.3 is 14.8 Å². The Balaban J connectivity index is 1.63. The van der Waals surface area contributed by atoms with Crippen molar-refractivity contribution in [1.29, 1.82) is 0 Å². The Morgan fingerprint density at radius 3 is 2.64 bits per heavy atom. The molecular formula is C21H24F2N2O3.